The molecule has 6 heavy (non-hydrogen) atoms. The van der Waals surface area contributed by atoms with Crippen molar-refractivity contribution in [2.45, 2.75) is 4.95 Å². The first-order chi connectivity index (χ1) is 2.89. The molecule has 0 fully saturated rings. The summed E-state index contributed by atoms with van der Waals surface area (Å²) in [6, 6.07) is 0. The summed E-state index contributed by atoms with van der Waals surface area (Å²) in [5.74, 6) is 0. The highest BCUT2D eigenvalue weighted by atomic mass is 79.9. The van der Waals surface area contributed by atoms with Crippen LogP contribution in [0.25, 0.3) is 0 Å². The minimum Gasteiger partial charge on any atom is -0.395 e. The molecule has 3 heteroatoms. The van der Waals surface area contributed by atoms with Crippen LogP contribution in [0.15, 0.2) is 12.3 Å². The summed E-state index contributed by atoms with van der Waals surface area (Å²) in [7, 11) is 0. The Morgan fingerprint density at radius 2 is 2.67 bits per heavy atom. The van der Waals surface area contributed by atoms with Gasteiger partial charge in [0.2, 0.25) is 0 Å². The monoisotopic (exact) mass is 148 g/mol. The first-order valence-electron chi connectivity index (χ1n) is 1.56. The molecule has 0 N–H and O–H groups in total. The summed E-state index contributed by atoms with van der Waals surface area (Å²) in [5, 5.41) is 0. The number of hydrogen-bond donors (Lipinski definition) is 0. The molecule has 1 atom stereocenters. The second kappa shape index (κ2) is 1.62. The molecule has 1 radical (unpaired) electrons. The molecule has 0 amide bonds. The quantitative estimate of drug-likeness (QED) is 0.368. The fraction of sp³-hybridized carbons (Fsp3) is 0.333. The predicted molar refractivity (Wildman–Crippen MR) is 25.1 cm³/mol. The number of rotatable bonds is 0. The smallest absolute Gasteiger partial charge is 0.142 e. The van der Waals surface area contributed by atoms with E-state index in [-0.39, 0.29) is 4.95 Å². The van der Waals surface area contributed by atoms with Crippen LogP contribution >= 0.6 is 15.9 Å². The van der Waals surface area contributed by atoms with Crippen LogP contribution < -0.4 is 5.48 Å². The van der Waals surface area contributed by atoms with Crippen molar-refractivity contribution >= 4 is 15.9 Å². The Hall–Kier alpha value is -0.0200. The van der Waals surface area contributed by atoms with Gasteiger partial charge in [0.1, 0.15) is 11.2 Å². The Balaban J connectivity index is 2.38. The van der Waals surface area contributed by atoms with Crippen LogP contribution in [0.2, 0.25) is 0 Å². The van der Waals surface area contributed by atoms with E-state index in [4.69, 9.17) is 0 Å². The molecule has 0 aromatic rings. The topological polar surface area (TPSA) is 23.3 Å². The zero-order valence-corrected chi connectivity index (χ0v) is 4.55. The van der Waals surface area contributed by atoms with Gasteiger partial charge >= 0.3 is 0 Å². The number of hydrogen-bond acceptors (Lipinski definition) is 1. The number of halogens is 1. The van der Waals surface area contributed by atoms with Crippen LogP contribution in [0.4, 0.5) is 0 Å². The Bertz CT molecular complexity index is 73.2. The molecule has 0 aromatic heterocycles. The summed E-state index contributed by atoms with van der Waals surface area (Å²) >= 11 is 3.16. The van der Waals surface area contributed by atoms with Gasteiger partial charge in [0, 0.05) is 0 Å². The molecular formula is C3H3BrNO. The molecule has 0 bridgehead atoms. The van der Waals surface area contributed by atoms with Gasteiger partial charge in [0.05, 0.1) is 0 Å². The Kier molecular flexibility index (Phi) is 1.12. The summed E-state index contributed by atoms with van der Waals surface area (Å²) < 4.78 is 0. The lowest BCUT2D eigenvalue weighted by Crippen LogP contribution is -2.02. The third-order valence-corrected chi connectivity index (χ3v) is 0.932. The van der Waals surface area contributed by atoms with Crippen molar-refractivity contribution in [3.05, 3.63) is 12.3 Å². The van der Waals surface area contributed by atoms with Gasteiger partial charge < -0.3 is 4.84 Å². The second-order valence-corrected chi connectivity index (χ2v) is 1.85. The summed E-state index contributed by atoms with van der Waals surface area (Å²) in [4.78, 5) is 4.54. The van der Waals surface area contributed by atoms with Crippen molar-refractivity contribution < 1.29 is 4.84 Å². The number of nitrogens with zero attached hydrogens (tertiary/aromatic N) is 1. The molecule has 0 aromatic carbocycles. The van der Waals surface area contributed by atoms with E-state index < -0.39 is 0 Å². The first kappa shape index (κ1) is 4.15. The molecule has 0 saturated heterocycles. The van der Waals surface area contributed by atoms with E-state index in [0.29, 0.717) is 0 Å². The standard InChI is InChI=1S/C3H3BrNO/c4-3-1-2-6-5-3/h1-3H. The van der Waals surface area contributed by atoms with Crippen LogP contribution in [-0.4, -0.2) is 4.95 Å². The minimum absolute atomic E-state index is 0.0810. The molecule has 1 aliphatic heterocycles. The Morgan fingerprint density at radius 1 is 1.83 bits per heavy atom. The number of alkyl halides is 1. The van der Waals surface area contributed by atoms with Crippen molar-refractivity contribution in [2.24, 2.45) is 0 Å². The zero-order valence-electron chi connectivity index (χ0n) is 2.97. The minimum atomic E-state index is 0.0810. The van der Waals surface area contributed by atoms with Crippen molar-refractivity contribution in [1.29, 1.82) is 0 Å². The highest BCUT2D eigenvalue weighted by Gasteiger charge is 2.03. The summed E-state index contributed by atoms with van der Waals surface area (Å²) in [6.45, 7) is 0. The molecular weight excluding hydrogens is 146 g/mol. The van der Waals surface area contributed by atoms with Gasteiger partial charge in [-0.25, -0.2) is 0 Å². The van der Waals surface area contributed by atoms with Crippen molar-refractivity contribution in [3.63, 3.8) is 0 Å². The molecule has 2 nitrogen and oxygen atoms in total. The van der Waals surface area contributed by atoms with E-state index in [1.165, 1.54) is 0 Å². The van der Waals surface area contributed by atoms with Crippen LogP contribution in [-0.2, 0) is 4.84 Å². The van der Waals surface area contributed by atoms with Crippen molar-refractivity contribution in [2.75, 3.05) is 0 Å². The van der Waals surface area contributed by atoms with E-state index in [2.05, 4.69) is 26.2 Å². The van der Waals surface area contributed by atoms with Gasteiger partial charge in [-0.1, -0.05) is 15.9 Å². The summed E-state index contributed by atoms with van der Waals surface area (Å²) in [5.41, 5.74) is 3.54. The molecule has 0 aliphatic carbocycles. The van der Waals surface area contributed by atoms with Crippen molar-refractivity contribution in [3.8, 4) is 0 Å². The maximum atomic E-state index is 4.45. The third kappa shape index (κ3) is 0.725. The van der Waals surface area contributed by atoms with Crippen LogP contribution in [0.1, 0.15) is 0 Å². The molecule has 1 rings (SSSR count). The van der Waals surface area contributed by atoms with Crippen molar-refractivity contribution in [1.82, 2.24) is 5.48 Å². The molecule has 0 saturated carbocycles. The first-order valence-corrected chi connectivity index (χ1v) is 2.48. The number of hydroxylamine groups is 1. The van der Waals surface area contributed by atoms with Gasteiger partial charge in [-0.2, -0.15) is 0 Å². The van der Waals surface area contributed by atoms with Gasteiger partial charge in [0.25, 0.3) is 0 Å². The van der Waals surface area contributed by atoms with Crippen LogP contribution in [0, 0.1) is 0 Å². The van der Waals surface area contributed by atoms with E-state index in [1.807, 2.05) is 0 Å². The lowest BCUT2D eigenvalue weighted by molar-refractivity contribution is 0.153. The van der Waals surface area contributed by atoms with Crippen LogP contribution in [0.3, 0.4) is 0 Å². The molecule has 0 spiro atoms. The fourth-order valence-corrected chi connectivity index (χ4v) is 0.450. The highest BCUT2D eigenvalue weighted by Crippen LogP contribution is 2.03. The molecule has 1 unspecified atom stereocenters. The maximum Gasteiger partial charge on any atom is 0.142 e. The molecule has 1 heterocycles. The lowest BCUT2D eigenvalue weighted by atomic mass is 10.7. The Morgan fingerprint density at radius 3 is 2.83 bits per heavy atom. The second-order valence-electron chi connectivity index (χ2n) is 0.912. The normalized spacial score (nSPS) is 30.5. The summed E-state index contributed by atoms with van der Waals surface area (Å²) in [6.07, 6.45) is 3.35. The van der Waals surface area contributed by atoms with Crippen LogP contribution in [0.5, 0.6) is 0 Å². The maximum absolute atomic E-state index is 4.45. The average molecular weight is 149 g/mol. The van der Waals surface area contributed by atoms with Gasteiger partial charge in [-0.15, -0.1) is 0 Å². The Labute approximate surface area is 44.3 Å². The third-order valence-electron chi connectivity index (χ3n) is 0.460. The van der Waals surface area contributed by atoms with Gasteiger partial charge in [0.15, 0.2) is 0 Å². The van der Waals surface area contributed by atoms with Gasteiger partial charge in [-0.05, 0) is 11.6 Å². The lowest BCUT2D eigenvalue weighted by Gasteiger charge is -1.87. The molecule has 33 valence electrons. The SMILES string of the molecule is BrC1C=CO[N]1. The van der Waals surface area contributed by atoms with E-state index in [9.17, 15) is 0 Å². The average Bonchev–Trinajstić information content (AvgIpc) is 1.86. The van der Waals surface area contributed by atoms with E-state index in [1.54, 1.807) is 12.3 Å². The van der Waals surface area contributed by atoms with Gasteiger partial charge in [-0.3, -0.25) is 0 Å². The van der Waals surface area contributed by atoms with E-state index >= 15 is 0 Å². The zero-order chi connectivity index (χ0) is 4.41. The van der Waals surface area contributed by atoms with E-state index in [0.717, 1.165) is 0 Å². The highest BCUT2D eigenvalue weighted by molar-refractivity contribution is 9.09. The predicted octanol–water partition coefficient (Wildman–Crippen LogP) is 0.771. The fourth-order valence-electron chi connectivity index (χ4n) is 0.228. The molecule has 1 aliphatic rings. The largest absolute Gasteiger partial charge is 0.395 e.